The molecule has 30 heavy (non-hydrogen) atoms. The van der Waals surface area contributed by atoms with E-state index in [1.54, 1.807) is 32.4 Å². The fourth-order valence-corrected chi connectivity index (χ4v) is 4.15. The number of nitrogens with zero attached hydrogens (tertiary/aromatic N) is 4. The molecule has 0 bridgehead atoms. The molecule has 0 saturated carbocycles. The Kier molecular flexibility index (Phi) is 4.20. The van der Waals surface area contributed by atoms with Gasteiger partial charge in [0, 0.05) is 14.1 Å². The highest BCUT2D eigenvalue weighted by atomic mass is 16.2. The second-order valence-electron chi connectivity index (χ2n) is 7.65. The van der Waals surface area contributed by atoms with Gasteiger partial charge in [-0.1, -0.05) is 48.5 Å². The van der Waals surface area contributed by atoms with Crippen molar-refractivity contribution in [1.82, 2.24) is 18.3 Å². The molecule has 0 saturated heterocycles. The minimum Gasteiger partial charge on any atom is -0.295 e. The Morgan fingerprint density at radius 3 is 1.23 bits per heavy atom. The Balaban J connectivity index is 1.45. The van der Waals surface area contributed by atoms with Gasteiger partial charge < -0.3 is 0 Å². The number of hydrogen-bond donors (Lipinski definition) is 0. The lowest BCUT2D eigenvalue weighted by atomic mass is 10.1. The predicted octanol–water partition coefficient (Wildman–Crippen LogP) is 3.09. The standard InChI is InChI=1S/C24H22N4O2/c1-25-19-7-3-5-9-21(19)27(23(25)29)15-17-11-13-18(14-12-17)16-28-22-10-6-4-8-20(22)26(2)24(28)30/h3-14H,15-16H2,1-2H3. The third-order valence-corrected chi connectivity index (χ3v) is 5.81. The van der Waals surface area contributed by atoms with Crippen LogP contribution in [0.2, 0.25) is 0 Å². The van der Waals surface area contributed by atoms with Crippen LogP contribution in [-0.4, -0.2) is 18.3 Å². The van der Waals surface area contributed by atoms with Crippen LogP contribution in [0, 0.1) is 0 Å². The van der Waals surface area contributed by atoms with Gasteiger partial charge in [-0.25, -0.2) is 9.59 Å². The number of imidazole rings is 2. The van der Waals surface area contributed by atoms with Crippen molar-refractivity contribution in [3.63, 3.8) is 0 Å². The fourth-order valence-electron chi connectivity index (χ4n) is 4.15. The van der Waals surface area contributed by atoms with Gasteiger partial charge in [-0.15, -0.1) is 0 Å². The quantitative estimate of drug-likeness (QED) is 0.467. The summed E-state index contributed by atoms with van der Waals surface area (Å²) in [5, 5.41) is 0. The molecule has 2 aromatic heterocycles. The predicted molar refractivity (Wildman–Crippen MR) is 119 cm³/mol. The van der Waals surface area contributed by atoms with Crippen LogP contribution in [0.25, 0.3) is 22.1 Å². The first-order valence-electron chi connectivity index (χ1n) is 9.91. The topological polar surface area (TPSA) is 53.9 Å². The molecule has 0 radical (unpaired) electrons. The van der Waals surface area contributed by atoms with Crippen molar-refractivity contribution < 1.29 is 0 Å². The Labute approximate surface area is 172 Å². The van der Waals surface area contributed by atoms with E-state index in [9.17, 15) is 9.59 Å². The molecular formula is C24H22N4O2. The molecule has 0 spiro atoms. The molecule has 0 N–H and O–H groups in total. The average molecular weight is 398 g/mol. The Hall–Kier alpha value is -3.80. The minimum atomic E-state index is -0.0254. The van der Waals surface area contributed by atoms with Crippen LogP contribution in [0.15, 0.2) is 82.4 Å². The van der Waals surface area contributed by atoms with E-state index in [4.69, 9.17) is 0 Å². The van der Waals surface area contributed by atoms with Gasteiger partial charge >= 0.3 is 11.4 Å². The summed E-state index contributed by atoms with van der Waals surface area (Å²) in [5.74, 6) is 0. The average Bonchev–Trinajstić information content (AvgIpc) is 3.16. The first-order chi connectivity index (χ1) is 14.5. The smallest absolute Gasteiger partial charge is 0.295 e. The highest BCUT2D eigenvalue weighted by Gasteiger charge is 2.12. The van der Waals surface area contributed by atoms with Gasteiger partial charge in [0.05, 0.1) is 35.2 Å². The van der Waals surface area contributed by atoms with Gasteiger partial charge in [0.1, 0.15) is 0 Å². The summed E-state index contributed by atoms with van der Waals surface area (Å²) in [6.07, 6.45) is 0. The molecular weight excluding hydrogens is 376 g/mol. The lowest BCUT2D eigenvalue weighted by Gasteiger charge is -2.07. The fraction of sp³-hybridized carbons (Fsp3) is 0.167. The summed E-state index contributed by atoms with van der Waals surface area (Å²) in [4.78, 5) is 25.3. The number of aryl methyl sites for hydroxylation is 2. The first kappa shape index (κ1) is 18.2. The molecule has 0 aliphatic carbocycles. The van der Waals surface area contributed by atoms with E-state index in [2.05, 4.69) is 0 Å². The van der Waals surface area contributed by atoms with Crippen molar-refractivity contribution in [3.05, 3.63) is 105 Å². The van der Waals surface area contributed by atoms with Crippen molar-refractivity contribution in [3.8, 4) is 0 Å². The van der Waals surface area contributed by atoms with Crippen molar-refractivity contribution in [1.29, 1.82) is 0 Å². The van der Waals surface area contributed by atoms with E-state index in [0.717, 1.165) is 33.2 Å². The van der Waals surface area contributed by atoms with Gasteiger partial charge in [0.2, 0.25) is 0 Å². The highest BCUT2D eigenvalue weighted by molar-refractivity contribution is 5.76. The summed E-state index contributed by atoms with van der Waals surface area (Å²) < 4.78 is 6.94. The summed E-state index contributed by atoms with van der Waals surface area (Å²) in [5.41, 5.74) is 5.74. The third kappa shape index (κ3) is 2.80. The van der Waals surface area contributed by atoms with Gasteiger partial charge in [0.25, 0.3) is 0 Å². The van der Waals surface area contributed by atoms with Crippen molar-refractivity contribution in [2.45, 2.75) is 13.1 Å². The zero-order valence-corrected chi connectivity index (χ0v) is 16.9. The first-order valence-corrected chi connectivity index (χ1v) is 9.91. The van der Waals surface area contributed by atoms with Crippen LogP contribution in [0.1, 0.15) is 11.1 Å². The molecule has 0 aliphatic heterocycles. The Morgan fingerprint density at radius 2 is 0.867 bits per heavy atom. The van der Waals surface area contributed by atoms with Crippen molar-refractivity contribution in [2.24, 2.45) is 14.1 Å². The lowest BCUT2D eigenvalue weighted by Crippen LogP contribution is -2.23. The minimum absolute atomic E-state index is 0.0254. The van der Waals surface area contributed by atoms with E-state index in [0.29, 0.717) is 13.1 Å². The summed E-state index contributed by atoms with van der Waals surface area (Å²) in [6, 6.07) is 23.7. The number of aromatic nitrogens is 4. The lowest BCUT2D eigenvalue weighted by molar-refractivity contribution is 0.729. The van der Waals surface area contributed by atoms with Crippen LogP contribution >= 0.6 is 0 Å². The van der Waals surface area contributed by atoms with Gasteiger partial charge in [0.15, 0.2) is 0 Å². The molecule has 0 fully saturated rings. The van der Waals surface area contributed by atoms with Crippen LogP contribution in [0.5, 0.6) is 0 Å². The zero-order chi connectivity index (χ0) is 20.8. The molecule has 0 atom stereocenters. The maximum Gasteiger partial charge on any atom is 0.329 e. The molecule has 2 heterocycles. The van der Waals surface area contributed by atoms with Crippen LogP contribution in [0.3, 0.4) is 0 Å². The summed E-state index contributed by atoms with van der Waals surface area (Å²) in [7, 11) is 3.60. The molecule has 5 rings (SSSR count). The molecule has 6 heteroatoms. The van der Waals surface area contributed by atoms with E-state index in [-0.39, 0.29) is 11.4 Å². The largest absolute Gasteiger partial charge is 0.329 e. The van der Waals surface area contributed by atoms with Gasteiger partial charge in [-0.2, -0.15) is 0 Å². The van der Waals surface area contributed by atoms with Crippen LogP contribution < -0.4 is 11.4 Å². The molecule has 5 aromatic rings. The molecule has 3 aromatic carbocycles. The Morgan fingerprint density at radius 1 is 0.533 bits per heavy atom. The second-order valence-corrected chi connectivity index (χ2v) is 7.65. The zero-order valence-electron chi connectivity index (χ0n) is 16.9. The van der Waals surface area contributed by atoms with E-state index in [1.165, 1.54) is 0 Å². The normalized spacial score (nSPS) is 11.5. The molecule has 0 unspecified atom stereocenters. The molecule has 6 nitrogen and oxygen atoms in total. The number of para-hydroxylation sites is 4. The van der Waals surface area contributed by atoms with E-state index >= 15 is 0 Å². The van der Waals surface area contributed by atoms with E-state index < -0.39 is 0 Å². The maximum absolute atomic E-state index is 12.7. The molecule has 150 valence electrons. The number of rotatable bonds is 4. The van der Waals surface area contributed by atoms with Crippen LogP contribution in [-0.2, 0) is 27.2 Å². The second kappa shape index (κ2) is 6.91. The number of fused-ring (bicyclic) bond motifs is 2. The Bertz CT molecular complexity index is 1380. The SMILES string of the molecule is Cn1c(=O)n(Cc2ccc(Cn3c(=O)n(C)c4ccccc43)cc2)c2ccccc21. The van der Waals surface area contributed by atoms with Crippen LogP contribution in [0.4, 0.5) is 0 Å². The third-order valence-electron chi connectivity index (χ3n) is 5.81. The maximum atomic E-state index is 12.7. The van der Waals surface area contributed by atoms with Gasteiger partial charge in [-0.05, 0) is 35.4 Å². The monoisotopic (exact) mass is 398 g/mol. The van der Waals surface area contributed by atoms with E-state index in [1.807, 2.05) is 72.8 Å². The number of hydrogen-bond acceptors (Lipinski definition) is 2. The molecule has 0 amide bonds. The molecule has 0 aliphatic rings. The summed E-state index contributed by atoms with van der Waals surface area (Å²) >= 11 is 0. The number of benzene rings is 3. The van der Waals surface area contributed by atoms with Gasteiger partial charge in [-0.3, -0.25) is 18.3 Å². The summed E-state index contributed by atoms with van der Waals surface area (Å²) in [6.45, 7) is 1.02. The van der Waals surface area contributed by atoms with Crippen molar-refractivity contribution in [2.75, 3.05) is 0 Å². The highest BCUT2D eigenvalue weighted by Crippen LogP contribution is 2.16. The van der Waals surface area contributed by atoms with Crippen molar-refractivity contribution >= 4 is 22.1 Å².